The Hall–Kier alpha value is -2.41. The van der Waals surface area contributed by atoms with Crippen LogP contribution in [0.4, 0.5) is 0 Å². The van der Waals surface area contributed by atoms with Crippen LogP contribution in [-0.2, 0) is 19.1 Å². The van der Waals surface area contributed by atoms with Gasteiger partial charge in [-0.05, 0) is 76.7 Å². The van der Waals surface area contributed by atoms with Crippen molar-refractivity contribution in [3.63, 3.8) is 0 Å². The Bertz CT molecular complexity index is 1260. The summed E-state index contributed by atoms with van der Waals surface area (Å²) < 4.78 is 17.2. The molecule has 0 radical (unpaired) electrons. The van der Waals surface area contributed by atoms with Gasteiger partial charge in [0.2, 0.25) is 0 Å². The van der Waals surface area contributed by atoms with Gasteiger partial charge in [-0.2, -0.15) is 0 Å². The molecule has 2 aliphatic rings. The maximum atomic E-state index is 13.5. The molecule has 0 saturated carbocycles. The van der Waals surface area contributed by atoms with E-state index >= 15 is 0 Å². The Morgan fingerprint density at radius 3 is 2.35 bits per heavy atom. The van der Waals surface area contributed by atoms with Crippen LogP contribution in [0.2, 0.25) is 0 Å². The number of fused-ring (bicyclic) bond motifs is 2. The molecule has 0 aromatic heterocycles. The third-order valence-corrected chi connectivity index (χ3v) is 7.25. The summed E-state index contributed by atoms with van der Waals surface area (Å²) in [6.45, 7) is 3.61. The van der Waals surface area contributed by atoms with Crippen molar-refractivity contribution in [3.8, 4) is 5.75 Å². The summed E-state index contributed by atoms with van der Waals surface area (Å²) in [6.07, 6.45) is 0. The molecule has 2 aromatic carbocycles. The van der Waals surface area contributed by atoms with Crippen LogP contribution < -0.4 is 10.1 Å². The number of hydrogen-bond donors (Lipinski definition) is 1. The number of allylic oxidation sites excluding steroid dienone is 2. The van der Waals surface area contributed by atoms with Crippen molar-refractivity contribution in [2.45, 2.75) is 19.8 Å². The number of benzene rings is 2. The smallest absolute Gasteiger partial charge is 0.344 e. The number of dihydropyridines is 1. The van der Waals surface area contributed by atoms with E-state index in [1.165, 1.54) is 7.11 Å². The zero-order valence-corrected chi connectivity index (χ0v) is 23.0. The summed E-state index contributed by atoms with van der Waals surface area (Å²) in [5, 5.41) is 3.27. The van der Waals surface area contributed by atoms with Gasteiger partial charge in [0.1, 0.15) is 5.75 Å². The van der Waals surface area contributed by atoms with Crippen LogP contribution in [0.25, 0.3) is 5.70 Å². The van der Waals surface area contributed by atoms with E-state index in [9.17, 15) is 14.4 Å². The van der Waals surface area contributed by atoms with Crippen molar-refractivity contribution >= 4 is 68.6 Å². The van der Waals surface area contributed by atoms with E-state index in [0.717, 1.165) is 18.3 Å². The summed E-state index contributed by atoms with van der Waals surface area (Å²) >= 11 is 4.26. The van der Waals surface area contributed by atoms with Crippen molar-refractivity contribution in [3.05, 3.63) is 77.1 Å². The first-order chi connectivity index (χ1) is 16.3. The monoisotopic (exact) mass is 685 g/mol. The first-order valence-corrected chi connectivity index (χ1v) is 12.7. The van der Waals surface area contributed by atoms with Gasteiger partial charge in [0, 0.05) is 28.3 Å². The zero-order valence-electron chi connectivity index (χ0n) is 18.7. The van der Waals surface area contributed by atoms with Crippen LogP contribution in [0, 0.1) is 7.14 Å². The van der Waals surface area contributed by atoms with Crippen LogP contribution in [0.3, 0.4) is 0 Å². The minimum Gasteiger partial charge on any atom is -0.480 e. The van der Waals surface area contributed by atoms with Crippen LogP contribution in [0.15, 0.2) is 53.2 Å². The number of hydrogen-bond acceptors (Lipinski definition) is 7. The Morgan fingerprint density at radius 1 is 1.09 bits per heavy atom. The fourth-order valence-corrected chi connectivity index (χ4v) is 6.39. The molecule has 0 unspecified atom stereocenters. The number of carbonyl (C=O) groups excluding carboxylic acids is 3. The highest BCUT2D eigenvalue weighted by Crippen LogP contribution is 2.47. The van der Waals surface area contributed by atoms with Gasteiger partial charge in [0.25, 0.3) is 0 Å². The lowest BCUT2D eigenvalue weighted by Crippen LogP contribution is -2.29. The van der Waals surface area contributed by atoms with E-state index in [4.69, 9.17) is 14.2 Å². The molecule has 0 amide bonds. The highest BCUT2D eigenvalue weighted by Gasteiger charge is 2.43. The van der Waals surface area contributed by atoms with Gasteiger partial charge >= 0.3 is 11.9 Å². The average Bonchev–Trinajstić information content (AvgIpc) is 3.09. The van der Waals surface area contributed by atoms with Crippen molar-refractivity contribution in [2.75, 3.05) is 20.3 Å². The number of esters is 2. The van der Waals surface area contributed by atoms with Gasteiger partial charge in [-0.1, -0.05) is 24.3 Å². The number of nitrogens with one attached hydrogen (secondary N) is 1. The minimum atomic E-state index is -0.621. The molecule has 0 fully saturated rings. The van der Waals surface area contributed by atoms with Gasteiger partial charge in [-0.3, -0.25) is 4.79 Å². The maximum Gasteiger partial charge on any atom is 0.344 e. The summed E-state index contributed by atoms with van der Waals surface area (Å²) in [6, 6.07) is 11.1. The molecule has 1 N–H and O–H groups in total. The average molecular weight is 685 g/mol. The quantitative estimate of drug-likeness (QED) is 0.352. The predicted octanol–water partition coefficient (Wildman–Crippen LogP) is 4.58. The number of Topliss-reactive ketones (excluding diaryl/α,β-unsaturated/α-hetero) is 1. The third kappa shape index (κ3) is 4.35. The van der Waals surface area contributed by atoms with Gasteiger partial charge < -0.3 is 19.5 Å². The topological polar surface area (TPSA) is 90.9 Å². The van der Waals surface area contributed by atoms with Crippen molar-refractivity contribution in [2.24, 2.45) is 0 Å². The Morgan fingerprint density at radius 2 is 1.74 bits per heavy atom. The van der Waals surface area contributed by atoms with Crippen LogP contribution in [0.1, 0.15) is 41.3 Å². The van der Waals surface area contributed by atoms with Crippen molar-refractivity contribution in [1.82, 2.24) is 5.32 Å². The van der Waals surface area contributed by atoms with Gasteiger partial charge in [0.05, 0.1) is 32.1 Å². The lowest BCUT2D eigenvalue weighted by atomic mass is 9.80. The zero-order chi connectivity index (χ0) is 24.6. The summed E-state index contributed by atoms with van der Waals surface area (Å²) in [5.74, 6) is -1.15. The van der Waals surface area contributed by atoms with Crippen molar-refractivity contribution in [1.29, 1.82) is 0 Å². The molecule has 0 spiro atoms. The first-order valence-electron chi connectivity index (χ1n) is 10.5. The molecule has 2 aromatic rings. The van der Waals surface area contributed by atoms with Crippen molar-refractivity contribution < 1.29 is 28.6 Å². The molecule has 0 bridgehead atoms. The molecule has 34 heavy (non-hydrogen) atoms. The standard InChI is InChI=1S/C25H21I2NO6/c1-4-33-18(29)11-34-24-16(26)9-13(10-17(24)27)20-19(25(31)32-3)12(2)28-22-14-7-5-6-8-15(14)23(30)21(20)22/h5-10,20,28H,4,11H2,1-3H3/t20-/m0/s1. The number of ether oxygens (including phenoxy) is 3. The molecule has 1 aliphatic carbocycles. The molecule has 176 valence electrons. The molecule has 1 heterocycles. The Kier molecular flexibility index (Phi) is 7.31. The molecule has 1 aliphatic heterocycles. The largest absolute Gasteiger partial charge is 0.480 e. The van der Waals surface area contributed by atoms with Crippen LogP contribution in [0.5, 0.6) is 5.75 Å². The van der Waals surface area contributed by atoms with Gasteiger partial charge in [-0.15, -0.1) is 0 Å². The fraction of sp³-hybridized carbons (Fsp3) is 0.240. The summed E-state index contributed by atoms with van der Waals surface area (Å²) in [7, 11) is 1.33. The predicted molar refractivity (Wildman–Crippen MR) is 142 cm³/mol. The van der Waals surface area contributed by atoms with E-state index in [1.54, 1.807) is 19.9 Å². The highest BCUT2D eigenvalue weighted by molar-refractivity contribution is 14.1. The van der Waals surface area contributed by atoms with Gasteiger partial charge in [0.15, 0.2) is 12.4 Å². The van der Waals surface area contributed by atoms with Gasteiger partial charge in [-0.25, -0.2) is 9.59 Å². The third-order valence-electron chi connectivity index (χ3n) is 5.65. The number of halogens is 2. The number of carbonyl (C=O) groups is 3. The summed E-state index contributed by atoms with van der Waals surface area (Å²) in [5.41, 5.74) is 4.41. The molecule has 9 heteroatoms. The maximum absolute atomic E-state index is 13.5. The normalized spacial score (nSPS) is 16.6. The van der Waals surface area contributed by atoms with E-state index in [-0.39, 0.29) is 19.0 Å². The second-order valence-electron chi connectivity index (χ2n) is 7.66. The molecule has 7 nitrogen and oxygen atoms in total. The second-order valence-corrected chi connectivity index (χ2v) is 9.98. The SMILES string of the molecule is CCOC(=O)COc1c(I)cc([C@H]2C(C(=O)OC)=C(C)NC3=C2C(=O)c2ccccc23)cc1I. The van der Waals surface area contributed by atoms with E-state index in [0.29, 0.717) is 33.9 Å². The molecule has 0 saturated heterocycles. The highest BCUT2D eigenvalue weighted by atomic mass is 127. The molecular formula is C25H21I2NO6. The number of methoxy groups -OCH3 is 1. The second kappa shape index (κ2) is 10.1. The fourth-order valence-electron chi connectivity index (χ4n) is 4.26. The minimum absolute atomic E-state index is 0.121. The number of ketones is 1. The van der Waals surface area contributed by atoms with Crippen LogP contribution in [-0.4, -0.2) is 38.0 Å². The van der Waals surface area contributed by atoms with E-state index in [1.807, 2.05) is 30.3 Å². The Labute approximate surface area is 224 Å². The van der Waals surface area contributed by atoms with E-state index in [2.05, 4.69) is 50.5 Å². The first kappa shape index (κ1) is 24.7. The number of rotatable bonds is 6. The molecule has 1 atom stereocenters. The lowest BCUT2D eigenvalue weighted by Gasteiger charge is -2.29. The molecular weight excluding hydrogens is 664 g/mol. The summed E-state index contributed by atoms with van der Waals surface area (Å²) in [4.78, 5) is 38.1. The lowest BCUT2D eigenvalue weighted by molar-refractivity contribution is -0.145. The van der Waals surface area contributed by atoms with E-state index < -0.39 is 17.9 Å². The Balaban J connectivity index is 1.81. The van der Waals surface area contributed by atoms with Crippen LogP contribution >= 0.6 is 45.2 Å². The molecule has 4 rings (SSSR count).